The van der Waals surface area contributed by atoms with Crippen LogP contribution in [0, 0.1) is 11.3 Å². The van der Waals surface area contributed by atoms with E-state index in [1.165, 1.54) is 28.1 Å². The van der Waals surface area contributed by atoms with Crippen LogP contribution in [0.5, 0.6) is 0 Å². The van der Waals surface area contributed by atoms with Gasteiger partial charge in [-0.3, -0.25) is 14.6 Å². The summed E-state index contributed by atoms with van der Waals surface area (Å²) in [6, 6.07) is 9.85. The van der Waals surface area contributed by atoms with Gasteiger partial charge in [-0.25, -0.2) is 4.98 Å². The first-order valence-corrected chi connectivity index (χ1v) is 10.9. The Balaban J connectivity index is 1.48. The maximum Gasteiger partial charge on any atom is 0.283 e. The van der Waals surface area contributed by atoms with Gasteiger partial charge in [0.25, 0.3) is 5.91 Å². The number of amides is 1. The Morgan fingerprint density at radius 3 is 2.83 bits per heavy atom. The zero-order chi connectivity index (χ0) is 19.5. The third kappa shape index (κ3) is 2.69. The van der Waals surface area contributed by atoms with Crippen LogP contribution in [0.15, 0.2) is 57.6 Å². The molecule has 2 aromatic heterocycles. The molecule has 3 aliphatic rings. The topological polar surface area (TPSA) is 86.2 Å². The maximum atomic E-state index is 12.8. The van der Waals surface area contributed by atoms with Crippen molar-refractivity contribution in [3.05, 3.63) is 53.2 Å². The second-order valence-electron chi connectivity index (χ2n) is 7.00. The number of benzene rings is 1. The molecule has 0 unspecified atom stereocenters. The van der Waals surface area contributed by atoms with Crippen molar-refractivity contribution in [3.63, 3.8) is 0 Å². The number of thiazole rings is 1. The SMILES string of the molecule is N=C1/C(=C\c2c(-c3ccccc3)nc3sccn23)C(=O)N=C2SC(C3CC3)=NN12. The van der Waals surface area contributed by atoms with E-state index in [1.54, 1.807) is 6.08 Å². The number of aromatic nitrogens is 2. The summed E-state index contributed by atoms with van der Waals surface area (Å²) >= 11 is 2.94. The molecule has 4 heterocycles. The lowest BCUT2D eigenvalue weighted by atomic mass is 10.1. The molecule has 1 aromatic carbocycles. The molecule has 0 saturated heterocycles. The van der Waals surface area contributed by atoms with Crippen molar-refractivity contribution in [2.24, 2.45) is 16.0 Å². The van der Waals surface area contributed by atoms with Crippen molar-refractivity contribution in [1.82, 2.24) is 14.4 Å². The van der Waals surface area contributed by atoms with Gasteiger partial charge in [-0.15, -0.1) is 11.3 Å². The molecule has 7 nitrogen and oxygen atoms in total. The Kier molecular flexibility index (Phi) is 3.62. The van der Waals surface area contributed by atoms with Crippen molar-refractivity contribution in [2.45, 2.75) is 12.8 Å². The summed E-state index contributed by atoms with van der Waals surface area (Å²) in [5.41, 5.74) is 2.72. The molecule has 1 amide bonds. The van der Waals surface area contributed by atoms with Crippen LogP contribution >= 0.6 is 23.1 Å². The Hall–Kier alpha value is -3.04. The fraction of sp³-hybridized carbons (Fsp3) is 0.150. The third-order valence-electron chi connectivity index (χ3n) is 5.02. The van der Waals surface area contributed by atoms with Gasteiger partial charge in [0, 0.05) is 23.1 Å². The third-order valence-corrected chi connectivity index (χ3v) is 6.85. The van der Waals surface area contributed by atoms with Crippen LogP contribution in [0.2, 0.25) is 0 Å². The first-order valence-electron chi connectivity index (χ1n) is 9.20. The van der Waals surface area contributed by atoms with Crippen molar-refractivity contribution in [3.8, 4) is 11.3 Å². The fourth-order valence-electron chi connectivity index (χ4n) is 3.39. The van der Waals surface area contributed by atoms with E-state index in [9.17, 15) is 4.79 Å². The van der Waals surface area contributed by atoms with Crippen molar-refractivity contribution < 1.29 is 4.79 Å². The zero-order valence-electron chi connectivity index (χ0n) is 15.1. The molecule has 1 saturated carbocycles. The first-order chi connectivity index (χ1) is 14.2. The van der Waals surface area contributed by atoms with Gasteiger partial charge in [0.2, 0.25) is 5.17 Å². The predicted octanol–water partition coefficient (Wildman–Crippen LogP) is 4.09. The highest BCUT2D eigenvalue weighted by molar-refractivity contribution is 8.27. The quantitative estimate of drug-likeness (QED) is 0.649. The highest BCUT2D eigenvalue weighted by Gasteiger charge is 2.40. The van der Waals surface area contributed by atoms with Crippen LogP contribution in [-0.2, 0) is 4.79 Å². The molecule has 0 radical (unpaired) electrons. The average Bonchev–Trinajstić information content (AvgIpc) is 3.17. The molecule has 1 N–H and O–H groups in total. The summed E-state index contributed by atoms with van der Waals surface area (Å²) in [5.74, 6) is 0.103. The molecule has 9 heteroatoms. The van der Waals surface area contributed by atoms with Crippen LogP contribution in [0.1, 0.15) is 18.5 Å². The maximum absolute atomic E-state index is 12.8. The fourth-order valence-corrected chi connectivity index (χ4v) is 5.17. The number of nitrogens with one attached hydrogen (secondary N) is 1. The number of hydrogen-bond donors (Lipinski definition) is 1. The van der Waals surface area contributed by atoms with E-state index >= 15 is 0 Å². The number of hydrazone groups is 1. The van der Waals surface area contributed by atoms with Gasteiger partial charge in [-0.2, -0.15) is 15.1 Å². The lowest BCUT2D eigenvalue weighted by molar-refractivity contribution is -0.114. The Morgan fingerprint density at radius 1 is 1.21 bits per heavy atom. The second kappa shape index (κ2) is 6.23. The largest absolute Gasteiger partial charge is 0.290 e. The van der Waals surface area contributed by atoms with Gasteiger partial charge in [-0.05, 0) is 30.7 Å². The molecule has 1 aliphatic carbocycles. The summed E-state index contributed by atoms with van der Waals surface area (Å²) in [4.78, 5) is 22.6. The summed E-state index contributed by atoms with van der Waals surface area (Å²) in [6.07, 6.45) is 5.87. The smallest absolute Gasteiger partial charge is 0.283 e. The summed E-state index contributed by atoms with van der Waals surface area (Å²) in [5, 5.41) is 18.0. The molecule has 6 rings (SSSR count). The number of nitrogens with zero attached hydrogens (tertiary/aromatic N) is 5. The van der Waals surface area contributed by atoms with E-state index in [4.69, 9.17) is 10.4 Å². The number of hydrogen-bond acceptors (Lipinski definition) is 6. The van der Waals surface area contributed by atoms with E-state index in [0.717, 1.165) is 39.8 Å². The molecule has 0 bridgehead atoms. The van der Waals surface area contributed by atoms with E-state index in [2.05, 4.69) is 10.1 Å². The minimum atomic E-state index is -0.412. The van der Waals surface area contributed by atoms with Crippen molar-refractivity contribution in [2.75, 3.05) is 0 Å². The van der Waals surface area contributed by atoms with Crippen LogP contribution in [0.3, 0.4) is 0 Å². The monoisotopic (exact) mass is 418 g/mol. The van der Waals surface area contributed by atoms with Crippen molar-refractivity contribution >= 4 is 56.1 Å². The number of fused-ring (bicyclic) bond motifs is 2. The van der Waals surface area contributed by atoms with Crippen LogP contribution in [0.25, 0.3) is 22.3 Å². The number of imidazole rings is 1. The van der Waals surface area contributed by atoms with Crippen LogP contribution < -0.4 is 0 Å². The standard InChI is InChI=1S/C20H14N6OS2/c21-16-13(17(27)23-20-26(16)24-18(29-20)12-6-7-12)10-14-15(11-4-2-1-3-5-11)22-19-25(14)8-9-28-19/h1-5,8-10,12,21H,6-7H2/b13-10+,21-16?. The van der Waals surface area contributed by atoms with Gasteiger partial charge in [-0.1, -0.05) is 30.3 Å². The number of thioether (sulfide) groups is 1. The van der Waals surface area contributed by atoms with Gasteiger partial charge < -0.3 is 0 Å². The first kappa shape index (κ1) is 16.9. The molecule has 0 atom stereocenters. The number of aliphatic imine (C=N–C) groups is 1. The number of carbonyl (C=O) groups is 1. The van der Waals surface area contributed by atoms with Crippen LogP contribution in [0.4, 0.5) is 0 Å². The Morgan fingerprint density at radius 2 is 2.03 bits per heavy atom. The molecule has 29 heavy (non-hydrogen) atoms. The minimum Gasteiger partial charge on any atom is -0.290 e. The number of carbonyl (C=O) groups excluding carboxylic acids is 1. The molecule has 0 spiro atoms. The highest BCUT2D eigenvalue weighted by atomic mass is 32.2. The summed E-state index contributed by atoms with van der Waals surface area (Å²) in [7, 11) is 0. The molecule has 1 fully saturated rings. The van der Waals surface area contributed by atoms with E-state index in [-0.39, 0.29) is 11.4 Å². The minimum absolute atomic E-state index is 0.0624. The Bertz CT molecular complexity index is 1280. The molecular formula is C20H14N6OS2. The van der Waals surface area contributed by atoms with E-state index in [0.29, 0.717) is 11.1 Å². The normalized spacial score (nSPS) is 20.4. The van der Waals surface area contributed by atoms with Crippen molar-refractivity contribution in [1.29, 1.82) is 5.41 Å². The van der Waals surface area contributed by atoms with Crippen LogP contribution in [-0.4, -0.2) is 36.3 Å². The van der Waals surface area contributed by atoms with Gasteiger partial charge >= 0.3 is 0 Å². The lowest BCUT2D eigenvalue weighted by Crippen LogP contribution is -2.35. The van der Waals surface area contributed by atoms with E-state index in [1.807, 2.05) is 46.3 Å². The summed E-state index contributed by atoms with van der Waals surface area (Å²) < 4.78 is 1.94. The number of amidine groups is 2. The lowest BCUT2D eigenvalue weighted by Gasteiger charge is -2.20. The molecule has 3 aromatic rings. The van der Waals surface area contributed by atoms with Gasteiger partial charge in [0.05, 0.1) is 17.0 Å². The van der Waals surface area contributed by atoms with E-state index < -0.39 is 5.91 Å². The molecule has 2 aliphatic heterocycles. The zero-order valence-corrected chi connectivity index (χ0v) is 16.7. The summed E-state index contributed by atoms with van der Waals surface area (Å²) in [6.45, 7) is 0. The molecule has 142 valence electrons. The molecular weight excluding hydrogens is 404 g/mol. The average molecular weight is 419 g/mol. The number of rotatable bonds is 3. The second-order valence-corrected chi connectivity index (χ2v) is 8.86. The Labute approximate surface area is 174 Å². The van der Waals surface area contributed by atoms with Gasteiger partial charge in [0.1, 0.15) is 5.04 Å². The predicted molar refractivity (Wildman–Crippen MR) is 116 cm³/mol. The highest BCUT2D eigenvalue weighted by Crippen LogP contribution is 2.40. The van der Waals surface area contributed by atoms with Gasteiger partial charge in [0.15, 0.2) is 10.8 Å².